The highest BCUT2D eigenvalue weighted by molar-refractivity contribution is 7.18. The lowest BCUT2D eigenvalue weighted by Crippen LogP contribution is -2.24. The second-order valence-electron chi connectivity index (χ2n) is 4.54. The van der Waals surface area contributed by atoms with Crippen LogP contribution < -0.4 is 11.1 Å². The summed E-state index contributed by atoms with van der Waals surface area (Å²) in [5.74, 6) is -0.460. The molecule has 1 amide bonds. The highest BCUT2D eigenvalue weighted by Crippen LogP contribution is 2.33. The lowest BCUT2D eigenvalue weighted by atomic mass is 10.2. The second-order valence-corrected chi connectivity index (χ2v) is 5.78. The van der Waals surface area contributed by atoms with Gasteiger partial charge >= 0.3 is 0 Å². The van der Waals surface area contributed by atoms with Crippen molar-refractivity contribution in [1.82, 2.24) is 4.98 Å². The van der Waals surface area contributed by atoms with Gasteiger partial charge < -0.3 is 11.1 Å². The Bertz CT molecular complexity index is 683. The number of amides is 1. The molecule has 8 heteroatoms. The molecule has 0 aliphatic carbocycles. The standard InChI is InChI=1S/C12H14N4O3S/c1-6(3-12(13)17)14-8-4-9-11(20-7(2)15-9)5-10(8)16(18)19/h4-6,14H,3H2,1-2H3,(H2,13,17). The third-order valence-corrected chi connectivity index (χ3v) is 3.65. The predicted molar refractivity (Wildman–Crippen MR) is 77.9 cm³/mol. The van der Waals surface area contributed by atoms with Crippen LogP contribution in [0.3, 0.4) is 0 Å². The number of hydrogen-bond acceptors (Lipinski definition) is 6. The number of aromatic nitrogens is 1. The fourth-order valence-corrected chi connectivity index (χ4v) is 2.81. The van der Waals surface area contributed by atoms with Gasteiger partial charge in [0.1, 0.15) is 5.69 Å². The van der Waals surface area contributed by atoms with Crippen molar-refractivity contribution in [3.05, 3.63) is 27.3 Å². The normalized spacial score (nSPS) is 12.3. The molecule has 20 heavy (non-hydrogen) atoms. The van der Waals surface area contributed by atoms with Crippen molar-refractivity contribution < 1.29 is 9.72 Å². The summed E-state index contributed by atoms with van der Waals surface area (Å²) in [6.07, 6.45) is 0.102. The number of nitrogens with two attached hydrogens (primary N) is 1. The van der Waals surface area contributed by atoms with Gasteiger partial charge in [0.05, 0.1) is 20.1 Å². The number of anilines is 1. The summed E-state index contributed by atoms with van der Waals surface area (Å²) in [5, 5.41) is 14.9. The van der Waals surface area contributed by atoms with Crippen LogP contribution >= 0.6 is 11.3 Å². The maximum atomic E-state index is 11.1. The molecule has 2 rings (SSSR count). The molecule has 3 N–H and O–H groups in total. The molecule has 0 fully saturated rings. The van der Waals surface area contributed by atoms with Crippen molar-refractivity contribution in [2.24, 2.45) is 5.73 Å². The number of nitrogens with zero attached hydrogens (tertiary/aromatic N) is 2. The van der Waals surface area contributed by atoms with E-state index in [1.165, 1.54) is 17.4 Å². The summed E-state index contributed by atoms with van der Waals surface area (Å²) in [6, 6.07) is 2.84. The summed E-state index contributed by atoms with van der Waals surface area (Å²) in [7, 11) is 0. The first-order chi connectivity index (χ1) is 9.36. The molecule has 7 nitrogen and oxygen atoms in total. The molecule has 1 aromatic heterocycles. The number of fused-ring (bicyclic) bond motifs is 1. The Morgan fingerprint density at radius 1 is 1.60 bits per heavy atom. The zero-order valence-electron chi connectivity index (χ0n) is 11.0. The van der Waals surface area contributed by atoms with Crippen LogP contribution in [-0.2, 0) is 4.79 Å². The summed E-state index contributed by atoms with van der Waals surface area (Å²) in [4.78, 5) is 25.9. The molecule has 106 valence electrons. The highest BCUT2D eigenvalue weighted by Gasteiger charge is 2.19. The van der Waals surface area contributed by atoms with Crippen molar-refractivity contribution in [2.75, 3.05) is 5.32 Å². The Hall–Kier alpha value is -2.22. The summed E-state index contributed by atoms with van der Waals surface area (Å²) in [5.41, 5.74) is 6.13. The molecule has 0 radical (unpaired) electrons. The van der Waals surface area contributed by atoms with Crippen molar-refractivity contribution in [1.29, 1.82) is 0 Å². The van der Waals surface area contributed by atoms with E-state index >= 15 is 0 Å². The van der Waals surface area contributed by atoms with E-state index in [0.29, 0.717) is 11.2 Å². The lowest BCUT2D eigenvalue weighted by Gasteiger charge is -2.13. The van der Waals surface area contributed by atoms with Crippen LogP contribution in [0.5, 0.6) is 0 Å². The Labute approximate surface area is 119 Å². The molecule has 0 aliphatic heterocycles. The van der Waals surface area contributed by atoms with Crippen LogP contribution in [0.2, 0.25) is 0 Å². The number of nitro benzene ring substituents is 1. The summed E-state index contributed by atoms with van der Waals surface area (Å²) < 4.78 is 0.766. The number of benzene rings is 1. The van der Waals surface area contributed by atoms with Crippen LogP contribution in [0.25, 0.3) is 10.2 Å². The SMILES string of the molecule is Cc1nc2cc(NC(C)CC(N)=O)c([N+](=O)[O-])cc2s1. The third kappa shape index (κ3) is 3.02. The van der Waals surface area contributed by atoms with Gasteiger partial charge in [-0.3, -0.25) is 14.9 Å². The number of aryl methyl sites for hydroxylation is 1. The zero-order chi connectivity index (χ0) is 14.9. The molecule has 0 aliphatic rings. The van der Waals surface area contributed by atoms with E-state index in [1.807, 2.05) is 6.92 Å². The first kappa shape index (κ1) is 14.2. The molecule has 1 unspecified atom stereocenters. The van der Waals surface area contributed by atoms with Crippen LogP contribution in [0, 0.1) is 17.0 Å². The van der Waals surface area contributed by atoms with Crippen molar-refractivity contribution >= 4 is 38.8 Å². The molecular weight excluding hydrogens is 280 g/mol. The number of primary amides is 1. The van der Waals surface area contributed by atoms with E-state index in [-0.39, 0.29) is 18.2 Å². The fourth-order valence-electron chi connectivity index (χ4n) is 1.96. The van der Waals surface area contributed by atoms with Crippen molar-refractivity contribution in [3.8, 4) is 0 Å². The first-order valence-electron chi connectivity index (χ1n) is 5.97. The van der Waals surface area contributed by atoms with Crippen LogP contribution in [0.4, 0.5) is 11.4 Å². The van der Waals surface area contributed by atoms with E-state index in [2.05, 4.69) is 10.3 Å². The van der Waals surface area contributed by atoms with Gasteiger partial charge in [-0.2, -0.15) is 0 Å². The quantitative estimate of drug-likeness (QED) is 0.648. The van der Waals surface area contributed by atoms with Crippen LogP contribution in [0.15, 0.2) is 12.1 Å². The monoisotopic (exact) mass is 294 g/mol. The van der Waals surface area contributed by atoms with Gasteiger partial charge in [0.15, 0.2) is 0 Å². The number of thiazole rings is 1. The van der Waals surface area contributed by atoms with Gasteiger partial charge in [-0.1, -0.05) is 0 Å². The fraction of sp³-hybridized carbons (Fsp3) is 0.333. The summed E-state index contributed by atoms with van der Waals surface area (Å²) >= 11 is 1.40. The Kier molecular flexibility index (Phi) is 3.84. The average Bonchev–Trinajstić information content (AvgIpc) is 2.65. The number of carbonyl (C=O) groups is 1. The number of nitrogens with one attached hydrogen (secondary N) is 1. The second kappa shape index (κ2) is 5.41. The molecule has 0 spiro atoms. The van der Waals surface area contributed by atoms with E-state index in [1.54, 1.807) is 13.0 Å². The Balaban J connectivity index is 2.41. The number of carbonyl (C=O) groups excluding carboxylic acids is 1. The smallest absolute Gasteiger partial charge is 0.293 e. The van der Waals surface area contributed by atoms with Crippen molar-refractivity contribution in [3.63, 3.8) is 0 Å². The minimum atomic E-state index is -0.460. The van der Waals surface area contributed by atoms with Gasteiger partial charge in [0.2, 0.25) is 5.91 Å². The minimum Gasteiger partial charge on any atom is -0.376 e. The van der Waals surface area contributed by atoms with Gasteiger partial charge in [0.25, 0.3) is 5.69 Å². The minimum absolute atomic E-state index is 0.0301. The number of hydrogen-bond donors (Lipinski definition) is 2. The highest BCUT2D eigenvalue weighted by atomic mass is 32.1. The largest absolute Gasteiger partial charge is 0.376 e. The van der Waals surface area contributed by atoms with Crippen LogP contribution in [-0.4, -0.2) is 21.9 Å². The average molecular weight is 294 g/mol. The molecule has 0 bridgehead atoms. The maximum absolute atomic E-state index is 11.1. The number of rotatable bonds is 5. The van der Waals surface area contributed by atoms with Gasteiger partial charge in [0, 0.05) is 18.5 Å². The van der Waals surface area contributed by atoms with Crippen molar-refractivity contribution in [2.45, 2.75) is 26.3 Å². The van der Waals surface area contributed by atoms with E-state index < -0.39 is 10.8 Å². The van der Waals surface area contributed by atoms with Crippen LogP contribution in [0.1, 0.15) is 18.4 Å². The van der Waals surface area contributed by atoms with Gasteiger partial charge in [-0.25, -0.2) is 4.98 Å². The molecule has 0 saturated heterocycles. The van der Waals surface area contributed by atoms with E-state index in [4.69, 9.17) is 5.73 Å². The number of nitro groups is 1. The molecule has 1 heterocycles. The Morgan fingerprint density at radius 3 is 2.90 bits per heavy atom. The lowest BCUT2D eigenvalue weighted by molar-refractivity contribution is -0.383. The molecule has 1 aromatic carbocycles. The van der Waals surface area contributed by atoms with Gasteiger partial charge in [-0.05, 0) is 19.9 Å². The predicted octanol–water partition coefficient (Wildman–Crippen LogP) is 2.19. The molecular formula is C12H14N4O3S. The molecule has 1 atom stereocenters. The van der Waals surface area contributed by atoms with Gasteiger partial charge in [-0.15, -0.1) is 11.3 Å². The third-order valence-electron chi connectivity index (χ3n) is 2.72. The molecule has 2 aromatic rings. The summed E-state index contributed by atoms with van der Waals surface area (Å²) in [6.45, 7) is 3.59. The zero-order valence-corrected chi connectivity index (χ0v) is 11.9. The maximum Gasteiger partial charge on any atom is 0.293 e. The molecule has 0 saturated carbocycles. The Morgan fingerprint density at radius 2 is 2.30 bits per heavy atom. The van der Waals surface area contributed by atoms with E-state index in [0.717, 1.165) is 9.71 Å². The topological polar surface area (TPSA) is 111 Å². The van der Waals surface area contributed by atoms with E-state index in [9.17, 15) is 14.9 Å². The first-order valence-corrected chi connectivity index (χ1v) is 6.79.